The van der Waals surface area contributed by atoms with Crippen molar-refractivity contribution in [2.45, 2.75) is 18.2 Å². The zero-order valence-electron chi connectivity index (χ0n) is 17.0. The second kappa shape index (κ2) is 8.67. The quantitative estimate of drug-likeness (QED) is 0.595. The summed E-state index contributed by atoms with van der Waals surface area (Å²) in [6.45, 7) is 1.90. The van der Waals surface area contributed by atoms with E-state index in [4.69, 9.17) is 0 Å². The average molecular weight is 427 g/mol. The van der Waals surface area contributed by atoms with E-state index in [1.54, 1.807) is 67.7 Å². The number of halogens is 1. The number of anilines is 2. The Hall–Kier alpha value is -3.19. The van der Waals surface area contributed by atoms with Crippen LogP contribution >= 0.6 is 0 Å². The molecule has 0 heterocycles. The molecule has 0 saturated heterocycles. The molecule has 7 heteroatoms. The maximum Gasteiger partial charge on any atom is 0.264 e. The minimum atomic E-state index is -3.67. The molecule has 30 heavy (non-hydrogen) atoms. The predicted octanol–water partition coefficient (Wildman–Crippen LogP) is 4.16. The van der Waals surface area contributed by atoms with Crippen LogP contribution in [0.2, 0.25) is 0 Å². The van der Waals surface area contributed by atoms with Gasteiger partial charge in [0.2, 0.25) is 5.91 Å². The van der Waals surface area contributed by atoms with Crippen LogP contribution in [0, 0.1) is 12.7 Å². The van der Waals surface area contributed by atoms with E-state index < -0.39 is 10.0 Å². The molecule has 0 aliphatic carbocycles. The third kappa shape index (κ3) is 4.68. The summed E-state index contributed by atoms with van der Waals surface area (Å²) in [5.74, 6) is -0.519. The second-order valence-electron chi connectivity index (χ2n) is 7.06. The minimum absolute atomic E-state index is 0.141. The van der Waals surface area contributed by atoms with Crippen molar-refractivity contribution in [2.75, 3.05) is 23.3 Å². The third-order valence-electron chi connectivity index (χ3n) is 4.92. The summed E-state index contributed by atoms with van der Waals surface area (Å²) in [5.41, 5.74) is 2.83. The zero-order valence-corrected chi connectivity index (χ0v) is 17.9. The molecule has 0 radical (unpaired) electrons. The molecule has 3 aromatic rings. The van der Waals surface area contributed by atoms with Crippen LogP contribution in [0.25, 0.3) is 0 Å². The third-order valence-corrected chi connectivity index (χ3v) is 6.72. The molecule has 156 valence electrons. The zero-order chi connectivity index (χ0) is 21.9. The van der Waals surface area contributed by atoms with Crippen molar-refractivity contribution in [3.05, 3.63) is 89.7 Å². The summed E-state index contributed by atoms with van der Waals surface area (Å²) in [4.78, 5) is 14.2. The van der Waals surface area contributed by atoms with Crippen LogP contribution in [0.1, 0.15) is 11.1 Å². The lowest BCUT2D eigenvalue weighted by atomic mass is 10.1. The Morgan fingerprint density at radius 1 is 0.833 bits per heavy atom. The van der Waals surface area contributed by atoms with Crippen LogP contribution in [-0.4, -0.2) is 28.4 Å². The number of hydrogen-bond donors (Lipinski definition) is 0. The summed E-state index contributed by atoms with van der Waals surface area (Å²) < 4.78 is 39.9. The Bertz CT molecular complexity index is 1130. The highest BCUT2D eigenvalue weighted by Crippen LogP contribution is 2.23. The number of sulfonamides is 1. The lowest BCUT2D eigenvalue weighted by Crippen LogP contribution is -2.28. The Morgan fingerprint density at radius 2 is 1.37 bits per heavy atom. The van der Waals surface area contributed by atoms with Crippen molar-refractivity contribution in [3.8, 4) is 0 Å². The molecule has 3 aromatic carbocycles. The number of hydrogen-bond acceptors (Lipinski definition) is 3. The van der Waals surface area contributed by atoms with Gasteiger partial charge in [0.25, 0.3) is 10.0 Å². The molecule has 3 rings (SSSR count). The maximum absolute atomic E-state index is 13.1. The first-order valence-corrected chi connectivity index (χ1v) is 10.8. The maximum atomic E-state index is 13.1. The molecular formula is C23H23FN2O3S. The second-order valence-corrected chi connectivity index (χ2v) is 9.03. The van der Waals surface area contributed by atoms with E-state index in [-0.39, 0.29) is 23.0 Å². The number of carbonyl (C=O) groups is 1. The summed E-state index contributed by atoms with van der Waals surface area (Å²) in [7, 11) is -0.542. The van der Waals surface area contributed by atoms with Gasteiger partial charge in [0.1, 0.15) is 5.82 Å². The highest BCUT2D eigenvalue weighted by Gasteiger charge is 2.21. The molecule has 0 fully saturated rings. The fraction of sp³-hybridized carbons (Fsp3) is 0.174. The van der Waals surface area contributed by atoms with E-state index >= 15 is 0 Å². The van der Waals surface area contributed by atoms with Gasteiger partial charge < -0.3 is 4.90 Å². The Balaban J connectivity index is 1.71. The molecular weight excluding hydrogens is 403 g/mol. The molecule has 0 N–H and O–H groups in total. The van der Waals surface area contributed by atoms with Crippen LogP contribution < -0.4 is 9.21 Å². The Kier molecular flexibility index (Phi) is 6.22. The minimum Gasteiger partial charge on any atom is -0.315 e. The van der Waals surface area contributed by atoms with Crippen LogP contribution in [0.4, 0.5) is 15.8 Å². The van der Waals surface area contributed by atoms with Crippen LogP contribution in [0.3, 0.4) is 0 Å². The standard InChI is InChI=1S/C23H23FN2O3S/c1-17-4-14-22(15-5-17)30(28,29)26(3)21-10-6-18(7-11-21)16-23(27)25(2)20-12-8-19(24)9-13-20/h4-15H,16H2,1-3H3. The lowest BCUT2D eigenvalue weighted by Gasteiger charge is -2.20. The van der Waals surface area contributed by atoms with Gasteiger partial charge in [-0.3, -0.25) is 9.10 Å². The first-order chi connectivity index (χ1) is 14.2. The lowest BCUT2D eigenvalue weighted by molar-refractivity contribution is -0.117. The van der Waals surface area contributed by atoms with Crippen molar-refractivity contribution in [1.29, 1.82) is 0 Å². The van der Waals surface area contributed by atoms with Gasteiger partial charge in [-0.05, 0) is 61.0 Å². The van der Waals surface area contributed by atoms with Gasteiger partial charge >= 0.3 is 0 Å². The monoisotopic (exact) mass is 426 g/mol. The number of benzene rings is 3. The number of rotatable bonds is 6. The number of carbonyl (C=O) groups excluding carboxylic acids is 1. The van der Waals surface area contributed by atoms with E-state index in [1.807, 2.05) is 6.92 Å². The van der Waals surface area contributed by atoms with E-state index in [0.717, 1.165) is 11.1 Å². The van der Waals surface area contributed by atoms with E-state index in [0.29, 0.717) is 11.4 Å². The Labute approximate surface area is 176 Å². The van der Waals surface area contributed by atoms with Gasteiger partial charge in [-0.2, -0.15) is 0 Å². The van der Waals surface area contributed by atoms with Crippen molar-refractivity contribution in [2.24, 2.45) is 0 Å². The normalized spacial score (nSPS) is 11.2. The van der Waals surface area contributed by atoms with Crippen LogP contribution in [-0.2, 0) is 21.2 Å². The Morgan fingerprint density at radius 3 is 1.93 bits per heavy atom. The van der Waals surface area contributed by atoms with Crippen molar-refractivity contribution in [1.82, 2.24) is 0 Å². The highest BCUT2D eigenvalue weighted by atomic mass is 32.2. The number of nitrogens with zero attached hydrogens (tertiary/aromatic N) is 2. The summed E-state index contributed by atoms with van der Waals surface area (Å²) in [6.07, 6.45) is 0.141. The topological polar surface area (TPSA) is 57.7 Å². The van der Waals surface area contributed by atoms with Gasteiger partial charge in [0.15, 0.2) is 0 Å². The van der Waals surface area contributed by atoms with Crippen molar-refractivity contribution in [3.63, 3.8) is 0 Å². The fourth-order valence-corrected chi connectivity index (χ4v) is 4.13. The molecule has 0 bridgehead atoms. The molecule has 0 spiro atoms. The van der Waals surface area contributed by atoms with Gasteiger partial charge in [-0.25, -0.2) is 12.8 Å². The van der Waals surface area contributed by atoms with Gasteiger partial charge in [0.05, 0.1) is 17.0 Å². The molecule has 0 unspecified atom stereocenters. The fourth-order valence-electron chi connectivity index (χ4n) is 2.93. The largest absolute Gasteiger partial charge is 0.315 e. The van der Waals surface area contributed by atoms with Crippen molar-refractivity contribution >= 4 is 27.3 Å². The highest BCUT2D eigenvalue weighted by molar-refractivity contribution is 7.92. The van der Waals surface area contributed by atoms with Crippen LogP contribution in [0.15, 0.2) is 77.7 Å². The van der Waals surface area contributed by atoms with E-state index in [9.17, 15) is 17.6 Å². The first kappa shape index (κ1) is 21.5. The van der Waals surface area contributed by atoms with Crippen LogP contribution in [0.5, 0.6) is 0 Å². The SMILES string of the molecule is Cc1ccc(S(=O)(=O)N(C)c2ccc(CC(=O)N(C)c3ccc(F)cc3)cc2)cc1. The molecule has 0 aliphatic rings. The summed E-state index contributed by atoms with van der Waals surface area (Å²) in [5, 5.41) is 0. The molecule has 5 nitrogen and oxygen atoms in total. The van der Waals surface area contributed by atoms with Gasteiger partial charge in [0, 0.05) is 19.8 Å². The predicted molar refractivity (Wildman–Crippen MR) is 117 cm³/mol. The molecule has 1 amide bonds. The van der Waals surface area contributed by atoms with Gasteiger partial charge in [-0.15, -0.1) is 0 Å². The molecule has 0 atom stereocenters. The number of aryl methyl sites for hydroxylation is 1. The van der Waals surface area contributed by atoms with Gasteiger partial charge in [-0.1, -0.05) is 29.8 Å². The van der Waals surface area contributed by atoms with E-state index in [1.165, 1.54) is 28.4 Å². The summed E-state index contributed by atoms with van der Waals surface area (Å²) in [6, 6.07) is 19.2. The van der Waals surface area contributed by atoms with E-state index in [2.05, 4.69) is 0 Å². The summed E-state index contributed by atoms with van der Waals surface area (Å²) >= 11 is 0. The average Bonchev–Trinajstić information content (AvgIpc) is 2.74. The smallest absolute Gasteiger partial charge is 0.264 e. The molecule has 0 saturated carbocycles. The molecule has 0 aliphatic heterocycles. The number of likely N-dealkylation sites (N-methyl/N-ethyl adjacent to an activating group) is 1. The first-order valence-electron chi connectivity index (χ1n) is 9.35. The van der Waals surface area contributed by atoms with Crippen molar-refractivity contribution < 1.29 is 17.6 Å². The number of amides is 1. The molecule has 0 aromatic heterocycles.